The van der Waals surface area contributed by atoms with Crippen LogP contribution in [0.5, 0.6) is 0 Å². The van der Waals surface area contributed by atoms with Crippen molar-refractivity contribution < 1.29 is 19.8 Å². The first-order valence-corrected chi connectivity index (χ1v) is 9.40. The van der Waals surface area contributed by atoms with E-state index in [9.17, 15) is 9.59 Å². The topological polar surface area (TPSA) is 124 Å². The van der Waals surface area contributed by atoms with Gasteiger partial charge in [0.15, 0.2) is 0 Å². The minimum atomic E-state index is -0.940. The lowest BCUT2D eigenvalue weighted by Gasteiger charge is -2.01. The van der Waals surface area contributed by atoms with Crippen molar-refractivity contribution in [1.82, 2.24) is 0 Å². The molecule has 0 spiro atoms. The molecule has 0 bridgehead atoms. The molecule has 0 aliphatic carbocycles. The van der Waals surface area contributed by atoms with Gasteiger partial charge in [-0.05, 0) is 41.6 Å². The van der Waals surface area contributed by atoms with Crippen molar-refractivity contribution in [3.63, 3.8) is 0 Å². The van der Waals surface area contributed by atoms with E-state index in [4.69, 9.17) is 33.6 Å². The Morgan fingerprint density at radius 2 is 1.44 bits per heavy atom. The highest BCUT2D eigenvalue weighted by atomic mass is 32.2. The van der Waals surface area contributed by atoms with Crippen LogP contribution in [0.1, 0.15) is 31.8 Å². The molecule has 27 heavy (non-hydrogen) atoms. The van der Waals surface area contributed by atoms with E-state index >= 15 is 0 Å². The van der Waals surface area contributed by atoms with Crippen LogP contribution in [0.2, 0.25) is 0 Å². The minimum absolute atomic E-state index is 0.258. The summed E-state index contributed by atoms with van der Waals surface area (Å²) in [6, 6.07) is 13.3. The highest BCUT2D eigenvalue weighted by molar-refractivity contribution is 8.13. The third-order valence-corrected chi connectivity index (χ3v) is 4.12. The zero-order chi connectivity index (χ0) is 20.4. The highest BCUT2D eigenvalue weighted by Gasteiger charge is 2.04. The first kappa shape index (κ1) is 22.3. The van der Waals surface area contributed by atoms with Crippen LogP contribution < -0.4 is 5.73 Å². The first-order chi connectivity index (χ1) is 12.7. The van der Waals surface area contributed by atoms with Gasteiger partial charge < -0.3 is 15.9 Å². The molecule has 0 unspecified atom stereocenters. The lowest BCUT2D eigenvalue weighted by Crippen LogP contribution is -2.11. The second kappa shape index (κ2) is 11.1. The lowest BCUT2D eigenvalue weighted by atomic mass is 10.1. The van der Waals surface area contributed by atoms with Gasteiger partial charge >= 0.3 is 11.9 Å². The number of hydrogen-bond donors (Lipinski definition) is 4. The molecule has 0 heterocycles. The number of carbonyl (C=O) groups is 2. The van der Waals surface area contributed by atoms with E-state index in [1.807, 2.05) is 12.3 Å². The van der Waals surface area contributed by atoms with E-state index < -0.39 is 11.9 Å². The molecule has 2 aromatic rings. The van der Waals surface area contributed by atoms with Crippen LogP contribution in [-0.2, 0) is 12.8 Å². The number of carboxylic acids is 2. The number of nitrogens with one attached hydrogen (secondary N) is 1. The third kappa shape index (κ3) is 8.48. The van der Waals surface area contributed by atoms with Crippen molar-refractivity contribution in [3.8, 4) is 0 Å². The number of carboxylic acid groups (broad SMARTS) is 2. The van der Waals surface area contributed by atoms with Crippen LogP contribution in [0, 0.1) is 5.41 Å². The molecule has 0 atom stereocenters. The molecule has 2 rings (SSSR count). The van der Waals surface area contributed by atoms with Gasteiger partial charge in [-0.1, -0.05) is 36.5 Å². The summed E-state index contributed by atoms with van der Waals surface area (Å²) < 4.78 is 0. The van der Waals surface area contributed by atoms with Gasteiger partial charge in [0.2, 0.25) is 0 Å². The molecular weight excluding hydrogens is 384 g/mol. The summed E-state index contributed by atoms with van der Waals surface area (Å²) in [5.74, 6) is -1.87. The maximum Gasteiger partial charge on any atom is 0.335 e. The van der Waals surface area contributed by atoms with Crippen molar-refractivity contribution in [3.05, 3.63) is 70.8 Å². The SMILES string of the molecule is CSC(=N)Cc1cccc(C(=O)O)c1.NC(=S)Cc1cccc(C(=O)O)c1. The van der Waals surface area contributed by atoms with Gasteiger partial charge in [0, 0.05) is 12.8 Å². The second-order valence-corrected chi connectivity index (χ2v) is 6.88. The highest BCUT2D eigenvalue weighted by Crippen LogP contribution is 2.10. The first-order valence-electron chi connectivity index (χ1n) is 7.77. The van der Waals surface area contributed by atoms with Crippen LogP contribution in [0.3, 0.4) is 0 Å². The molecule has 142 valence electrons. The van der Waals surface area contributed by atoms with Crippen LogP contribution >= 0.6 is 24.0 Å². The average molecular weight is 405 g/mol. The van der Waals surface area contributed by atoms with Crippen molar-refractivity contribution in [2.24, 2.45) is 5.73 Å². The van der Waals surface area contributed by atoms with Crippen molar-refractivity contribution in [2.75, 3.05) is 6.26 Å². The Hall–Kier alpha value is -2.71. The van der Waals surface area contributed by atoms with Crippen molar-refractivity contribution in [1.29, 1.82) is 5.41 Å². The van der Waals surface area contributed by atoms with Gasteiger partial charge in [0.25, 0.3) is 0 Å². The Morgan fingerprint density at radius 3 is 1.81 bits per heavy atom. The number of benzene rings is 2. The number of rotatable bonds is 6. The number of aromatic carboxylic acids is 2. The lowest BCUT2D eigenvalue weighted by molar-refractivity contribution is 0.0686. The van der Waals surface area contributed by atoms with E-state index in [1.165, 1.54) is 17.8 Å². The van der Waals surface area contributed by atoms with E-state index in [1.54, 1.807) is 36.4 Å². The number of thioether (sulfide) groups is 1. The van der Waals surface area contributed by atoms with Crippen LogP contribution in [0.15, 0.2) is 48.5 Å². The molecule has 8 heteroatoms. The number of hydrogen-bond acceptors (Lipinski definition) is 5. The fourth-order valence-electron chi connectivity index (χ4n) is 2.09. The van der Waals surface area contributed by atoms with Gasteiger partial charge in [-0.3, -0.25) is 5.41 Å². The summed E-state index contributed by atoms with van der Waals surface area (Å²) in [6.07, 6.45) is 2.78. The van der Waals surface area contributed by atoms with Gasteiger partial charge in [-0.25, -0.2) is 9.59 Å². The zero-order valence-electron chi connectivity index (χ0n) is 14.6. The van der Waals surface area contributed by atoms with E-state index in [0.29, 0.717) is 22.9 Å². The molecule has 0 saturated heterocycles. The van der Waals surface area contributed by atoms with E-state index in [2.05, 4.69) is 0 Å². The Labute approximate surface area is 166 Å². The van der Waals surface area contributed by atoms with Gasteiger partial charge in [0.05, 0.1) is 21.2 Å². The maximum atomic E-state index is 10.6. The Balaban J connectivity index is 0.000000271. The molecule has 2 aromatic carbocycles. The molecule has 0 aliphatic heterocycles. The molecule has 0 radical (unpaired) electrons. The smallest absolute Gasteiger partial charge is 0.335 e. The Kier molecular flexibility index (Phi) is 9.18. The van der Waals surface area contributed by atoms with Crippen LogP contribution in [-0.4, -0.2) is 38.4 Å². The minimum Gasteiger partial charge on any atom is -0.478 e. The summed E-state index contributed by atoms with van der Waals surface area (Å²) >= 11 is 6.09. The number of thiocarbonyl (C=S) groups is 1. The molecule has 0 aliphatic rings. The van der Waals surface area contributed by atoms with Crippen LogP contribution in [0.4, 0.5) is 0 Å². The van der Waals surface area contributed by atoms with Gasteiger partial charge in [-0.15, -0.1) is 11.8 Å². The Bertz CT molecular complexity index is 853. The average Bonchev–Trinajstić information content (AvgIpc) is 2.62. The Morgan fingerprint density at radius 1 is 1.00 bits per heavy atom. The molecule has 0 saturated carbocycles. The zero-order valence-corrected chi connectivity index (χ0v) is 16.3. The van der Waals surface area contributed by atoms with E-state index in [-0.39, 0.29) is 11.1 Å². The fourth-order valence-corrected chi connectivity index (χ4v) is 2.57. The molecule has 6 nitrogen and oxygen atoms in total. The predicted molar refractivity (Wildman–Crippen MR) is 112 cm³/mol. The number of nitrogens with two attached hydrogens (primary N) is 1. The third-order valence-electron chi connectivity index (χ3n) is 3.34. The molecule has 0 fully saturated rings. The maximum absolute atomic E-state index is 10.6. The molecular formula is C19H20N2O4S2. The molecule has 0 amide bonds. The summed E-state index contributed by atoms with van der Waals surface area (Å²) in [4.78, 5) is 21.6. The standard InChI is InChI=1S/C10H11NO2S.C9H9NO2S/c1-14-9(11)6-7-3-2-4-8(5-7)10(12)13;10-8(13)5-6-2-1-3-7(4-6)9(11)12/h2-5,11H,6H2,1H3,(H,12,13);1-4H,5H2,(H2,10,13)(H,11,12). The molecule has 0 aromatic heterocycles. The summed E-state index contributed by atoms with van der Waals surface area (Å²) in [5.41, 5.74) is 7.56. The predicted octanol–water partition coefficient (Wildman–Crippen LogP) is 3.48. The van der Waals surface area contributed by atoms with Crippen molar-refractivity contribution >= 4 is 46.0 Å². The normalized spacial score (nSPS) is 9.67. The quantitative estimate of drug-likeness (QED) is 0.330. The second-order valence-electron chi connectivity index (χ2n) is 5.46. The molecule has 5 N–H and O–H groups in total. The summed E-state index contributed by atoms with van der Waals surface area (Å²) in [6.45, 7) is 0. The van der Waals surface area contributed by atoms with Crippen molar-refractivity contribution in [2.45, 2.75) is 12.8 Å². The van der Waals surface area contributed by atoms with Crippen LogP contribution in [0.25, 0.3) is 0 Å². The summed E-state index contributed by atoms with van der Waals surface area (Å²) in [7, 11) is 0. The fraction of sp³-hybridized carbons (Fsp3) is 0.158. The monoisotopic (exact) mass is 404 g/mol. The van der Waals surface area contributed by atoms with Gasteiger partial charge in [-0.2, -0.15) is 0 Å². The van der Waals surface area contributed by atoms with E-state index in [0.717, 1.165) is 11.1 Å². The largest absolute Gasteiger partial charge is 0.478 e. The van der Waals surface area contributed by atoms with Gasteiger partial charge in [0.1, 0.15) is 0 Å². The summed E-state index contributed by atoms with van der Waals surface area (Å²) in [5, 5.41) is 25.4.